The molecular formula is C16H22N2O3. The van der Waals surface area contributed by atoms with Crippen molar-refractivity contribution < 1.29 is 14.7 Å². The van der Waals surface area contributed by atoms with Gasteiger partial charge in [0.15, 0.2) is 0 Å². The van der Waals surface area contributed by atoms with Gasteiger partial charge in [-0.3, -0.25) is 9.59 Å². The van der Waals surface area contributed by atoms with Crippen molar-refractivity contribution in [3.63, 3.8) is 0 Å². The maximum absolute atomic E-state index is 12.0. The maximum atomic E-state index is 12.0. The van der Waals surface area contributed by atoms with E-state index in [2.05, 4.69) is 10.6 Å². The summed E-state index contributed by atoms with van der Waals surface area (Å²) in [4.78, 5) is 23.9. The molecule has 0 saturated heterocycles. The summed E-state index contributed by atoms with van der Waals surface area (Å²) in [5.41, 5.74) is -0.197. The lowest BCUT2D eigenvalue weighted by Crippen LogP contribution is -2.44. The summed E-state index contributed by atoms with van der Waals surface area (Å²) in [5.74, 6) is -0.553. The molecule has 114 valence electrons. The van der Waals surface area contributed by atoms with Gasteiger partial charge in [-0.05, 0) is 31.9 Å². The van der Waals surface area contributed by atoms with E-state index in [1.807, 2.05) is 18.2 Å². The fraction of sp³-hybridized carbons (Fsp3) is 0.500. The number of nitrogens with one attached hydrogen (secondary N) is 2. The maximum Gasteiger partial charge on any atom is 0.246 e. The number of carbonyl (C=O) groups excluding carboxylic acids is 2. The monoisotopic (exact) mass is 290 g/mol. The van der Waals surface area contributed by atoms with E-state index in [1.165, 1.54) is 0 Å². The number of hydrogen-bond donors (Lipinski definition) is 3. The summed E-state index contributed by atoms with van der Waals surface area (Å²) >= 11 is 0. The Morgan fingerprint density at radius 1 is 1.24 bits per heavy atom. The molecule has 0 aromatic heterocycles. The zero-order valence-corrected chi connectivity index (χ0v) is 12.3. The Kier molecular flexibility index (Phi) is 4.96. The number of amides is 2. The molecule has 2 rings (SSSR count). The molecule has 1 aliphatic rings. The van der Waals surface area contributed by atoms with Gasteiger partial charge >= 0.3 is 0 Å². The Hall–Kier alpha value is -1.88. The van der Waals surface area contributed by atoms with Gasteiger partial charge < -0.3 is 15.7 Å². The highest BCUT2D eigenvalue weighted by Crippen LogP contribution is 2.32. The molecule has 0 bridgehead atoms. The average Bonchev–Trinajstić information content (AvgIpc) is 2.85. The fourth-order valence-corrected chi connectivity index (χ4v) is 2.64. The zero-order chi connectivity index (χ0) is 15.3. The third-order valence-corrected chi connectivity index (χ3v) is 3.84. The lowest BCUT2D eigenvalue weighted by molar-refractivity contribution is -0.129. The van der Waals surface area contributed by atoms with E-state index in [9.17, 15) is 14.7 Å². The molecule has 1 aliphatic carbocycles. The highest BCUT2D eigenvalue weighted by Gasteiger charge is 2.34. The first-order chi connectivity index (χ1) is 9.98. The second-order valence-corrected chi connectivity index (χ2v) is 5.75. The predicted molar refractivity (Wildman–Crippen MR) is 80.7 cm³/mol. The van der Waals surface area contributed by atoms with Gasteiger partial charge in [0.25, 0.3) is 0 Å². The SMILES string of the molecule is CC(NC(=O)CC1(O)CCCC1)C(=O)Nc1ccccc1. The van der Waals surface area contributed by atoms with Gasteiger partial charge in [-0.15, -0.1) is 0 Å². The van der Waals surface area contributed by atoms with Crippen LogP contribution in [0, 0.1) is 0 Å². The largest absolute Gasteiger partial charge is 0.389 e. The van der Waals surface area contributed by atoms with Gasteiger partial charge in [0, 0.05) is 5.69 Å². The van der Waals surface area contributed by atoms with E-state index in [-0.39, 0.29) is 18.2 Å². The number of para-hydroxylation sites is 1. The third kappa shape index (κ3) is 4.56. The molecule has 0 radical (unpaired) electrons. The molecular weight excluding hydrogens is 268 g/mol. The van der Waals surface area contributed by atoms with E-state index >= 15 is 0 Å². The van der Waals surface area contributed by atoms with Crippen LogP contribution in [-0.2, 0) is 9.59 Å². The molecule has 1 atom stereocenters. The Bertz CT molecular complexity index is 496. The Morgan fingerprint density at radius 2 is 1.86 bits per heavy atom. The number of benzene rings is 1. The summed E-state index contributed by atoms with van der Waals surface area (Å²) in [7, 11) is 0. The van der Waals surface area contributed by atoms with Crippen molar-refractivity contribution in [3.8, 4) is 0 Å². The molecule has 1 unspecified atom stereocenters. The predicted octanol–water partition coefficient (Wildman–Crippen LogP) is 1.82. The standard InChI is InChI=1S/C16H22N2O3/c1-12(15(20)18-13-7-3-2-4-8-13)17-14(19)11-16(21)9-5-6-10-16/h2-4,7-8,12,21H,5-6,9-11H2,1H3,(H,17,19)(H,18,20). The fourth-order valence-electron chi connectivity index (χ4n) is 2.64. The number of aliphatic hydroxyl groups is 1. The molecule has 5 heteroatoms. The van der Waals surface area contributed by atoms with Crippen LogP contribution in [0.4, 0.5) is 5.69 Å². The number of anilines is 1. The van der Waals surface area contributed by atoms with Crippen LogP contribution >= 0.6 is 0 Å². The van der Waals surface area contributed by atoms with Crippen molar-refractivity contribution in [2.75, 3.05) is 5.32 Å². The second kappa shape index (κ2) is 6.72. The van der Waals surface area contributed by atoms with Crippen LogP contribution in [0.15, 0.2) is 30.3 Å². The quantitative estimate of drug-likeness (QED) is 0.774. The second-order valence-electron chi connectivity index (χ2n) is 5.75. The smallest absolute Gasteiger partial charge is 0.246 e. The minimum absolute atomic E-state index is 0.0654. The van der Waals surface area contributed by atoms with Gasteiger partial charge in [0.1, 0.15) is 6.04 Å². The molecule has 3 N–H and O–H groups in total. The summed E-state index contributed by atoms with van der Waals surface area (Å²) in [6.45, 7) is 1.63. The normalized spacial score (nSPS) is 18.0. The lowest BCUT2D eigenvalue weighted by Gasteiger charge is -2.22. The molecule has 0 heterocycles. The molecule has 0 spiro atoms. The molecule has 5 nitrogen and oxygen atoms in total. The van der Waals surface area contributed by atoms with Crippen molar-refractivity contribution in [3.05, 3.63) is 30.3 Å². The first-order valence-corrected chi connectivity index (χ1v) is 7.36. The highest BCUT2D eigenvalue weighted by molar-refractivity contribution is 5.96. The number of carbonyl (C=O) groups is 2. The van der Waals surface area contributed by atoms with E-state index in [0.29, 0.717) is 18.5 Å². The summed E-state index contributed by atoms with van der Waals surface area (Å²) in [6, 6.07) is 8.45. The van der Waals surface area contributed by atoms with Crippen LogP contribution in [0.1, 0.15) is 39.0 Å². The minimum atomic E-state index is -0.889. The van der Waals surface area contributed by atoms with Crippen LogP contribution < -0.4 is 10.6 Å². The molecule has 0 aliphatic heterocycles. The summed E-state index contributed by atoms with van der Waals surface area (Å²) in [6.07, 6.45) is 3.29. The van der Waals surface area contributed by atoms with E-state index in [1.54, 1.807) is 19.1 Å². The first kappa shape index (κ1) is 15.5. The topological polar surface area (TPSA) is 78.4 Å². The van der Waals surface area contributed by atoms with Crippen LogP contribution in [0.2, 0.25) is 0 Å². The van der Waals surface area contributed by atoms with Gasteiger partial charge in [0.2, 0.25) is 11.8 Å². The Balaban J connectivity index is 1.81. The molecule has 1 aromatic rings. The Morgan fingerprint density at radius 3 is 2.48 bits per heavy atom. The average molecular weight is 290 g/mol. The van der Waals surface area contributed by atoms with Gasteiger partial charge in [-0.1, -0.05) is 31.0 Å². The van der Waals surface area contributed by atoms with Crippen molar-refractivity contribution in [1.29, 1.82) is 0 Å². The molecule has 1 aromatic carbocycles. The zero-order valence-electron chi connectivity index (χ0n) is 12.3. The van der Waals surface area contributed by atoms with Gasteiger partial charge in [0.05, 0.1) is 12.0 Å². The number of hydrogen-bond acceptors (Lipinski definition) is 3. The molecule has 1 fully saturated rings. The van der Waals surface area contributed by atoms with Crippen LogP contribution in [0.5, 0.6) is 0 Å². The molecule has 1 saturated carbocycles. The number of rotatable bonds is 5. The van der Waals surface area contributed by atoms with Crippen LogP contribution in [-0.4, -0.2) is 28.6 Å². The van der Waals surface area contributed by atoms with Crippen molar-refractivity contribution in [2.45, 2.75) is 50.7 Å². The Labute approximate surface area is 124 Å². The van der Waals surface area contributed by atoms with E-state index in [4.69, 9.17) is 0 Å². The lowest BCUT2D eigenvalue weighted by atomic mass is 9.97. The summed E-state index contributed by atoms with van der Waals surface area (Å²) < 4.78 is 0. The van der Waals surface area contributed by atoms with Crippen molar-refractivity contribution >= 4 is 17.5 Å². The van der Waals surface area contributed by atoms with E-state index < -0.39 is 11.6 Å². The van der Waals surface area contributed by atoms with Crippen molar-refractivity contribution in [1.82, 2.24) is 5.32 Å². The van der Waals surface area contributed by atoms with Gasteiger partial charge in [-0.2, -0.15) is 0 Å². The van der Waals surface area contributed by atoms with Crippen LogP contribution in [0.25, 0.3) is 0 Å². The summed E-state index contributed by atoms with van der Waals surface area (Å²) in [5, 5.41) is 15.6. The third-order valence-electron chi connectivity index (χ3n) is 3.84. The van der Waals surface area contributed by atoms with Crippen LogP contribution in [0.3, 0.4) is 0 Å². The van der Waals surface area contributed by atoms with Gasteiger partial charge in [-0.25, -0.2) is 0 Å². The van der Waals surface area contributed by atoms with E-state index in [0.717, 1.165) is 12.8 Å². The molecule has 2 amide bonds. The first-order valence-electron chi connectivity index (χ1n) is 7.36. The minimum Gasteiger partial charge on any atom is -0.389 e. The highest BCUT2D eigenvalue weighted by atomic mass is 16.3. The molecule has 21 heavy (non-hydrogen) atoms. The van der Waals surface area contributed by atoms with Crippen molar-refractivity contribution in [2.24, 2.45) is 0 Å².